The molecule has 3 nitrogen and oxygen atoms in total. The minimum absolute atomic E-state index is 0.674. The van der Waals surface area contributed by atoms with Gasteiger partial charge in [0.1, 0.15) is 6.07 Å². The van der Waals surface area contributed by atoms with Crippen LogP contribution in [0.15, 0.2) is 54.7 Å². The van der Waals surface area contributed by atoms with Crippen LogP contribution in [-0.2, 0) is 13.6 Å². The Hall–Kier alpha value is -2.73. The summed E-state index contributed by atoms with van der Waals surface area (Å²) >= 11 is 0. The average Bonchev–Trinajstić information content (AvgIpc) is 2.82. The summed E-state index contributed by atoms with van der Waals surface area (Å²) in [5.74, 6) is 0. The van der Waals surface area contributed by atoms with Crippen LogP contribution in [0.1, 0.15) is 11.1 Å². The lowest BCUT2D eigenvalue weighted by Crippen LogP contribution is -2.00. The topological polar surface area (TPSA) is 40.8 Å². The van der Waals surface area contributed by atoms with E-state index >= 15 is 0 Å². The van der Waals surface area contributed by atoms with E-state index in [0.29, 0.717) is 12.1 Å². The molecule has 0 spiro atoms. The lowest BCUT2D eigenvalue weighted by atomic mass is 10.1. The van der Waals surface area contributed by atoms with Crippen molar-refractivity contribution in [2.24, 2.45) is 7.05 Å². The van der Waals surface area contributed by atoms with Gasteiger partial charge in [-0.1, -0.05) is 30.3 Å². The first-order valence-corrected chi connectivity index (χ1v) is 6.55. The van der Waals surface area contributed by atoms with Crippen LogP contribution in [0.5, 0.6) is 0 Å². The molecule has 3 rings (SSSR count). The van der Waals surface area contributed by atoms with Crippen LogP contribution in [-0.4, -0.2) is 4.57 Å². The maximum absolute atomic E-state index is 9.10. The number of fused-ring (bicyclic) bond motifs is 1. The normalized spacial score (nSPS) is 10.4. The lowest BCUT2D eigenvalue weighted by Gasteiger charge is -2.07. The molecule has 0 fully saturated rings. The van der Waals surface area contributed by atoms with E-state index in [1.165, 1.54) is 16.5 Å². The third-order valence-electron chi connectivity index (χ3n) is 3.50. The molecule has 0 amide bonds. The van der Waals surface area contributed by atoms with Gasteiger partial charge in [-0.3, -0.25) is 0 Å². The van der Waals surface area contributed by atoms with Crippen molar-refractivity contribution < 1.29 is 0 Å². The van der Waals surface area contributed by atoms with Gasteiger partial charge in [-0.2, -0.15) is 5.26 Å². The van der Waals surface area contributed by atoms with Gasteiger partial charge in [0.25, 0.3) is 0 Å². The molecule has 0 unspecified atom stereocenters. The Morgan fingerprint density at radius 2 is 1.85 bits per heavy atom. The van der Waals surface area contributed by atoms with Gasteiger partial charge >= 0.3 is 0 Å². The maximum Gasteiger partial charge on any atom is 0.101 e. The van der Waals surface area contributed by atoms with Crippen molar-refractivity contribution in [3.05, 3.63) is 65.9 Å². The second kappa shape index (κ2) is 5.10. The first-order chi connectivity index (χ1) is 9.79. The van der Waals surface area contributed by atoms with Gasteiger partial charge < -0.3 is 9.88 Å². The Bertz CT molecular complexity index is 793. The van der Waals surface area contributed by atoms with Gasteiger partial charge in [0.05, 0.1) is 11.3 Å². The molecular formula is C17H15N3. The van der Waals surface area contributed by atoms with Gasteiger partial charge in [-0.15, -0.1) is 0 Å². The zero-order valence-electron chi connectivity index (χ0n) is 11.3. The molecule has 0 saturated heterocycles. The summed E-state index contributed by atoms with van der Waals surface area (Å²) in [4.78, 5) is 0. The predicted octanol–water partition coefficient (Wildman–Crippen LogP) is 3.66. The van der Waals surface area contributed by atoms with Crippen molar-refractivity contribution in [3.8, 4) is 6.07 Å². The Labute approximate surface area is 118 Å². The summed E-state index contributed by atoms with van der Waals surface area (Å²) in [5, 5.41) is 13.7. The Morgan fingerprint density at radius 3 is 2.70 bits per heavy atom. The summed E-state index contributed by atoms with van der Waals surface area (Å²) in [6.45, 7) is 0.708. The number of nitriles is 1. The molecule has 1 heterocycles. The van der Waals surface area contributed by atoms with Crippen molar-refractivity contribution in [1.29, 1.82) is 5.26 Å². The molecule has 3 aromatic rings. The zero-order valence-corrected chi connectivity index (χ0v) is 11.3. The van der Waals surface area contributed by atoms with E-state index in [-0.39, 0.29) is 0 Å². The maximum atomic E-state index is 9.10. The second-order valence-corrected chi connectivity index (χ2v) is 4.79. The van der Waals surface area contributed by atoms with E-state index in [9.17, 15) is 0 Å². The quantitative estimate of drug-likeness (QED) is 0.781. The van der Waals surface area contributed by atoms with Crippen LogP contribution in [0, 0.1) is 11.3 Å². The standard InChI is InChI=1S/C17H15N3/c1-20-12-14(15-7-3-5-9-17(15)20)11-19-16-8-4-2-6-13(16)10-18/h2-9,12,19H,11H2,1H3. The van der Waals surface area contributed by atoms with Gasteiger partial charge in [-0.25, -0.2) is 0 Å². The molecule has 0 aliphatic rings. The molecule has 1 N–H and O–H groups in total. The molecule has 0 bridgehead atoms. The summed E-state index contributed by atoms with van der Waals surface area (Å²) in [6, 6.07) is 18.1. The number of hydrogen-bond acceptors (Lipinski definition) is 2. The van der Waals surface area contributed by atoms with E-state index < -0.39 is 0 Å². The highest BCUT2D eigenvalue weighted by molar-refractivity contribution is 5.84. The number of hydrogen-bond donors (Lipinski definition) is 1. The fourth-order valence-corrected chi connectivity index (χ4v) is 2.49. The molecule has 3 heteroatoms. The first kappa shape index (κ1) is 12.3. The minimum Gasteiger partial charge on any atom is -0.380 e. The third kappa shape index (κ3) is 2.12. The highest BCUT2D eigenvalue weighted by Gasteiger charge is 2.06. The van der Waals surface area contributed by atoms with Crippen molar-refractivity contribution >= 4 is 16.6 Å². The van der Waals surface area contributed by atoms with Crippen molar-refractivity contribution in [1.82, 2.24) is 4.57 Å². The molecule has 0 radical (unpaired) electrons. The van der Waals surface area contributed by atoms with Crippen molar-refractivity contribution in [3.63, 3.8) is 0 Å². The number of nitrogens with zero attached hydrogens (tertiary/aromatic N) is 2. The molecule has 2 aromatic carbocycles. The van der Waals surface area contributed by atoms with Crippen LogP contribution in [0.2, 0.25) is 0 Å². The Morgan fingerprint density at radius 1 is 1.10 bits per heavy atom. The number of rotatable bonds is 3. The number of nitrogens with one attached hydrogen (secondary N) is 1. The van der Waals surface area contributed by atoms with Crippen LogP contribution >= 0.6 is 0 Å². The van der Waals surface area contributed by atoms with Gasteiger partial charge in [0.2, 0.25) is 0 Å². The fourth-order valence-electron chi connectivity index (χ4n) is 2.49. The van der Waals surface area contributed by atoms with E-state index in [2.05, 4.69) is 47.4 Å². The van der Waals surface area contributed by atoms with Gasteiger partial charge in [-0.05, 0) is 23.8 Å². The second-order valence-electron chi connectivity index (χ2n) is 4.79. The number of para-hydroxylation sites is 2. The van der Waals surface area contributed by atoms with E-state index in [1.807, 2.05) is 30.3 Å². The highest BCUT2D eigenvalue weighted by Crippen LogP contribution is 2.22. The summed E-state index contributed by atoms with van der Waals surface area (Å²) in [5.41, 5.74) is 4.00. The average molecular weight is 261 g/mol. The van der Waals surface area contributed by atoms with E-state index in [1.54, 1.807) is 0 Å². The number of aromatic nitrogens is 1. The Balaban J connectivity index is 1.89. The third-order valence-corrected chi connectivity index (χ3v) is 3.50. The van der Waals surface area contributed by atoms with Gasteiger partial charge in [0, 0.05) is 30.7 Å². The van der Waals surface area contributed by atoms with E-state index in [0.717, 1.165) is 5.69 Å². The molecule has 0 atom stereocenters. The van der Waals surface area contributed by atoms with Crippen LogP contribution in [0.25, 0.3) is 10.9 Å². The summed E-state index contributed by atoms with van der Waals surface area (Å²) in [6.07, 6.45) is 2.13. The highest BCUT2D eigenvalue weighted by atomic mass is 14.9. The SMILES string of the molecule is Cn1cc(CNc2ccccc2C#N)c2ccccc21. The Kier molecular flexibility index (Phi) is 3.14. The molecule has 0 aliphatic heterocycles. The number of benzene rings is 2. The smallest absolute Gasteiger partial charge is 0.101 e. The molecule has 98 valence electrons. The van der Waals surface area contributed by atoms with Gasteiger partial charge in [0.15, 0.2) is 0 Å². The fraction of sp³-hybridized carbons (Fsp3) is 0.118. The molecule has 0 saturated carbocycles. The van der Waals surface area contributed by atoms with Crippen molar-refractivity contribution in [2.75, 3.05) is 5.32 Å². The number of anilines is 1. The molecular weight excluding hydrogens is 246 g/mol. The monoisotopic (exact) mass is 261 g/mol. The largest absolute Gasteiger partial charge is 0.380 e. The minimum atomic E-state index is 0.674. The zero-order chi connectivity index (χ0) is 13.9. The summed E-state index contributed by atoms with van der Waals surface area (Å²) in [7, 11) is 2.05. The summed E-state index contributed by atoms with van der Waals surface area (Å²) < 4.78 is 2.13. The molecule has 20 heavy (non-hydrogen) atoms. The first-order valence-electron chi connectivity index (χ1n) is 6.55. The predicted molar refractivity (Wildman–Crippen MR) is 81.4 cm³/mol. The number of aryl methyl sites for hydroxylation is 1. The van der Waals surface area contributed by atoms with Crippen molar-refractivity contribution in [2.45, 2.75) is 6.54 Å². The van der Waals surface area contributed by atoms with Crippen LogP contribution < -0.4 is 5.32 Å². The lowest BCUT2D eigenvalue weighted by molar-refractivity contribution is 0.955. The molecule has 1 aromatic heterocycles. The van der Waals surface area contributed by atoms with E-state index in [4.69, 9.17) is 5.26 Å². The molecule has 0 aliphatic carbocycles. The van der Waals surface area contributed by atoms with Crippen LogP contribution in [0.3, 0.4) is 0 Å². The van der Waals surface area contributed by atoms with Crippen LogP contribution in [0.4, 0.5) is 5.69 Å².